The number of para-hydroxylation sites is 1. The SMILES string of the molecule is Cc1cc(NC(=S)Nc2ccccc2F)ccc1Br. The van der Waals surface area contributed by atoms with Gasteiger partial charge in [0.1, 0.15) is 5.82 Å². The van der Waals surface area contributed by atoms with E-state index in [2.05, 4.69) is 26.6 Å². The average molecular weight is 339 g/mol. The molecule has 19 heavy (non-hydrogen) atoms. The van der Waals surface area contributed by atoms with E-state index in [0.29, 0.717) is 10.8 Å². The van der Waals surface area contributed by atoms with E-state index >= 15 is 0 Å². The minimum atomic E-state index is -0.335. The van der Waals surface area contributed by atoms with Crippen molar-refractivity contribution in [3.8, 4) is 0 Å². The standard InChI is InChI=1S/C14H12BrFN2S/c1-9-8-10(6-7-11(9)15)17-14(19)18-13-5-3-2-4-12(13)16/h2-8H,1H3,(H2,17,18,19). The summed E-state index contributed by atoms with van der Waals surface area (Å²) in [6.45, 7) is 1.99. The van der Waals surface area contributed by atoms with E-state index < -0.39 is 0 Å². The van der Waals surface area contributed by atoms with Crippen molar-refractivity contribution in [3.05, 3.63) is 58.3 Å². The van der Waals surface area contributed by atoms with Crippen molar-refractivity contribution in [2.75, 3.05) is 10.6 Å². The van der Waals surface area contributed by atoms with Crippen LogP contribution in [0.25, 0.3) is 0 Å². The summed E-state index contributed by atoms with van der Waals surface area (Å²) in [6, 6.07) is 12.2. The van der Waals surface area contributed by atoms with Gasteiger partial charge in [-0.2, -0.15) is 0 Å². The first-order valence-electron chi connectivity index (χ1n) is 5.65. The highest BCUT2D eigenvalue weighted by Crippen LogP contribution is 2.20. The molecule has 2 nitrogen and oxygen atoms in total. The van der Waals surface area contributed by atoms with Crippen LogP contribution in [-0.2, 0) is 0 Å². The van der Waals surface area contributed by atoms with E-state index in [9.17, 15) is 4.39 Å². The normalized spacial score (nSPS) is 10.1. The molecule has 98 valence electrons. The van der Waals surface area contributed by atoms with E-state index in [-0.39, 0.29) is 5.82 Å². The molecule has 2 rings (SSSR count). The molecule has 0 aliphatic heterocycles. The van der Waals surface area contributed by atoms with Crippen molar-refractivity contribution in [1.29, 1.82) is 0 Å². The Morgan fingerprint density at radius 3 is 2.58 bits per heavy atom. The van der Waals surface area contributed by atoms with Gasteiger partial charge in [0, 0.05) is 10.2 Å². The zero-order valence-corrected chi connectivity index (χ0v) is 12.6. The maximum atomic E-state index is 13.4. The van der Waals surface area contributed by atoms with E-state index in [1.54, 1.807) is 18.2 Å². The van der Waals surface area contributed by atoms with Gasteiger partial charge in [-0.15, -0.1) is 0 Å². The molecule has 0 atom stereocenters. The van der Waals surface area contributed by atoms with Crippen molar-refractivity contribution in [3.63, 3.8) is 0 Å². The summed E-state index contributed by atoms with van der Waals surface area (Å²) in [7, 11) is 0. The van der Waals surface area contributed by atoms with Crippen LogP contribution in [0.3, 0.4) is 0 Å². The van der Waals surface area contributed by atoms with Crippen LogP contribution < -0.4 is 10.6 Å². The van der Waals surface area contributed by atoms with Gasteiger partial charge >= 0.3 is 0 Å². The molecule has 2 aromatic rings. The lowest BCUT2D eigenvalue weighted by Gasteiger charge is -2.12. The van der Waals surface area contributed by atoms with E-state index in [4.69, 9.17) is 12.2 Å². The molecule has 0 amide bonds. The first kappa shape index (κ1) is 14.0. The number of thiocarbonyl (C=S) groups is 1. The van der Waals surface area contributed by atoms with Crippen LogP contribution in [0.4, 0.5) is 15.8 Å². The maximum Gasteiger partial charge on any atom is 0.175 e. The van der Waals surface area contributed by atoms with Gasteiger partial charge < -0.3 is 10.6 Å². The van der Waals surface area contributed by atoms with Crippen LogP contribution in [0.2, 0.25) is 0 Å². The lowest BCUT2D eigenvalue weighted by Crippen LogP contribution is -2.19. The van der Waals surface area contributed by atoms with Crippen LogP contribution in [0, 0.1) is 12.7 Å². The van der Waals surface area contributed by atoms with Crippen LogP contribution in [0.5, 0.6) is 0 Å². The summed E-state index contributed by atoms with van der Waals surface area (Å²) in [6.07, 6.45) is 0. The number of rotatable bonds is 2. The molecule has 0 aliphatic carbocycles. The second kappa shape index (κ2) is 6.12. The molecule has 0 heterocycles. The summed E-state index contributed by atoms with van der Waals surface area (Å²) in [5, 5.41) is 6.20. The van der Waals surface area contributed by atoms with E-state index in [1.807, 2.05) is 25.1 Å². The summed E-state index contributed by atoms with van der Waals surface area (Å²) < 4.78 is 14.5. The van der Waals surface area contributed by atoms with Crippen molar-refractivity contribution in [2.45, 2.75) is 6.92 Å². The molecule has 0 spiro atoms. The predicted molar refractivity (Wildman–Crippen MR) is 85.1 cm³/mol. The minimum absolute atomic E-state index is 0.335. The Labute approximate surface area is 125 Å². The molecule has 0 saturated heterocycles. The van der Waals surface area contributed by atoms with Crippen molar-refractivity contribution in [1.82, 2.24) is 0 Å². The van der Waals surface area contributed by atoms with Crippen LogP contribution in [-0.4, -0.2) is 5.11 Å². The Balaban J connectivity index is 2.05. The topological polar surface area (TPSA) is 24.1 Å². The molecule has 0 radical (unpaired) electrons. The van der Waals surface area contributed by atoms with E-state index in [1.165, 1.54) is 6.07 Å². The van der Waals surface area contributed by atoms with E-state index in [0.717, 1.165) is 15.7 Å². The summed E-state index contributed by atoms with van der Waals surface area (Å²) in [5.74, 6) is -0.335. The first-order valence-corrected chi connectivity index (χ1v) is 6.85. The third-order valence-electron chi connectivity index (χ3n) is 2.54. The van der Waals surface area contributed by atoms with Gasteiger partial charge in [0.2, 0.25) is 0 Å². The molecule has 5 heteroatoms. The van der Waals surface area contributed by atoms with Crippen molar-refractivity contribution >= 4 is 44.6 Å². The van der Waals surface area contributed by atoms with Gasteiger partial charge in [0.05, 0.1) is 5.69 Å². The third-order valence-corrected chi connectivity index (χ3v) is 3.63. The number of benzene rings is 2. The minimum Gasteiger partial charge on any atom is -0.332 e. The molecule has 0 bridgehead atoms. The molecule has 2 aromatic carbocycles. The highest BCUT2D eigenvalue weighted by Gasteiger charge is 2.04. The molecule has 0 fully saturated rings. The Bertz CT molecular complexity index is 616. The van der Waals surface area contributed by atoms with Gasteiger partial charge in [0.25, 0.3) is 0 Å². The second-order valence-electron chi connectivity index (χ2n) is 4.02. The predicted octanol–water partition coefficient (Wildman–Crippen LogP) is 4.71. The molecule has 0 unspecified atom stereocenters. The van der Waals surface area contributed by atoms with Gasteiger partial charge in [-0.3, -0.25) is 0 Å². The smallest absolute Gasteiger partial charge is 0.175 e. The average Bonchev–Trinajstić information content (AvgIpc) is 2.37. The number of anilines is 2. The van der Waals surface area contributed by atoms with Gasteiger partial charge in [-0.1, -0.05) is 28.1 Å². The summed E-state index contributed by atoms with van der Waals surface area (Å²) in [5.41, 5.74) is 2.31. The summed E-state index contributed by atoms with van der Waals surface area (Å²) in [4.78, 5) is 0. The molecular formula is C14H12BrFN2S. The van der Waals surface area contributed by atoms with Gasteiger partial charge in [-0.25, -0.2) is 4.39 Å². The number of hydrogen-bond acceptors (Lipinski definition) is 1. The fourth-order valence-corrected chi connectivity index (χ4v) is 2.04. The Morgan fingerprint density at radius 1 is 1.16 bits per heavy atom. The monoisotopic (exact) mass is 338 g/mol. The lowest BCUT2D eigenvalue weighted by atomic mass is 10.2. The highest BCUT2D eigenvalue weighted by atomic mass is 79.9. The largest absolute Gasteiger partial charge is 0.332 e. The fourth-order valence-electron chi connectivity index (χ4n) is 1.57. The zero-order valence-electron chi connectivity index (χ0n) is 10.2. The molecule has 2 N–H and O–H groups in total. The van der Waals surface area contributed by atoms with Gasteiger partial charge in [-0.05, 0) is 55.0 Å². The maximum absolute atomic E-state index is 13.4. The third kappa shape index (κ3) is 3.75. The van der Waals surface area contributed by atoms with Crippen LogP contribution in [0.15, 0.2) is 46.9 Å². The quantitative estimate of drug-likeness (QED) is 0.775. The Morgan fingerprint density at radius 2 is 1.89 bits per heavy atom. The first-order chi connectivity index (χ1) is 9.06. The van der Waals surface area contributed by atoms with Crippen molar-refractivity contribution < 1.29 is 4.39 Å². The number of hydrogen-bond donors (Lipinski definition) is 2. The fraction of sp³-hybridized carbons (Fsp3) is 0.0714. The zero-order chi connectivity index (χ0) is 13.8. The lowest BCUT2D eigenvalue weighted by molar-refractivity contribution is 0.632. The summed E-state index contributed by atoms with van der Waals surface area (Å²) >= 11 is 8.59. The molecule has 0 aliphatic rings. The Hall–Kier alpha value is -1.46. The van der Waals surface area contributed by atoms with Crippen molar-refractivity contribution in [2.24, 2.45) is 0 Å². The Kier molecular flexibility index (Phi) is 4.50. The van der Waals surface area contributed by atoms with Crippen LogP contribution >= 0.6 is 28.1 Å². The molecular weight excluding hydrogens is 327 g/mol. The molecule has 0 saturated carbocycles. The number of aryl methyl sites for hydroxylation is 1. The molecule has 0 aromatic heterocycles. The second-order valence-corrected chi connectivity index (χ2v) is 5.29. The highest BCUT2D eigenvalue weighted by molar-refractivity contribution is 9.10. The number of halogens is 2. The van der Waals surface area contributed by atoms with Gasteiger partial charge in [0.15, 0.2) is 5.11 Å². The van der Waals surface area contributed by atoms with Crippen LogP contribution in [0.1, 0.15) is 5.56 Å². The number of nitrogens with one attached hydrogen (secondary N) is 2.